The molecule has 0 saturated heterocycles. The zero-order valence-corrected chi connectivity index (χ0v) is 20.4. The average Bonchev–Trinajstić information content (AvgIpc) is 3.19. The van der Waals surface area contributed by atoms with Gasteiger partial charge in [-0.05, 0) is 64.7 Å². The van der Waals surface area contributed by atoms with Gasteiger partial charge in [-0.2, -0.15) is 4.98 Å². The summed E-state index contributed by atoms with van der Waals surface area (Å²) in [6.07, 6.45) is 4.42. The van der Waals surface area contributed by atoms with Gasteiger partial charge in [-0.1, -0.05) is 5.21 Å². The number of hydrogen-bond acceptors (Lipinski definition) is 9. The Morgan fingerprint density at radius 1 is 1.26 bits per heavy atom. The van der Waals surface area contributed by atoms with Crippen molar-refractivity contribution >= 4 is 11.8 Å². The van der Waals surface area contributed by atoms with Crippen LogP contribution in [0.5, 0.6) is 11.8 Å². The number of hydrogen-bond donors (Lipinski definition) is 2. The number of anilines is 1. The molecule has 1 saturated carbocycles. The Morgan fingerprint density at radius 2 is 2.09 bits per heavy atom. The van der Waals surface area contributed by atoms with Gasteiger partial charge in [-0.25, -0.2) is 14.6 Å². The second kappa shape index (κ2) is 10.7. The van der Waals surface area contributed by atoms with Crippen LogP contribution in [0.1, 0.15) is 50.9 Å². The number of carboxylic acid groups (broad SMARTS) is 1. The summed E-state index contributed by atoms with van der Waals surface area (Å²) in [6, 6.07) is 5.81. The maximum absolute atomic E-state index is 11.4. The summed E-state index contributed by atoms with van der Waals surface area (Å²) < 4.78 is 13.4. The Kier molecular flexibility index (Phi) is 7.42. The molecule has 186 valence electrons. The first kappa shape index (κ1) is 24.4. The summed E-state index contributed by atoms with van der Waals surface area (Å²) in [6.45, 7) is 6.14. The molecule has 11 nitrogen and oxygen atoms in total. The first-order chi connectivity index (χ1) is 16.8. The fourth-order valence-electron chi connectivity index (χ4n) is 4.12. The first-order valence-electron chi connectivity index (χ1n) is 11.8. The number of rotatable bonds is 9. The summed E-state index contributed by atoms with van der Waals surface area (Å²) in [5, 5.41) is 21.1. The minimum atomic E-state index is -0.752. The topological polar surface area (TPSA) is 137 Å². The Bertz CT molecular complexity index is 1180. The number of carboxylic acids is 1. The van der Waals surface area contributed by atoms with Crippen LogP contribution in [0.4, 0.5) is 5.82 Å². The number of aryl methyl sites for hydroxylation is 2. The molecule has 0 spiro atoms. The molecule has 4 rings (SSSR count). The Morgan fingerprint density at radius 3 is 2.83 bits per heavy atom. The highest BCUT2D eigenvalue weighted by atomic mass is 16.5. The van der Waals surface area contributed by atoms with Crippen molar-refractivity contribution in [1.82, 2.24) is 29.9 Å². The average molecular weight is 482 g/mol. The predicted molar refractivity (Wildman–Crippen MR) is 128 cm³/mol. The predicted octanol–water partition coefficient (Wildman–Crippen LogP) is 3.40. The van der Waals surface area contributed by atoms with Gasteiger partial charge in [0, 0.05) is 13.2 Å². The molecular weight excluding hydrogens is 450 g/mol. The standard InChI is InChI=1S/C24H31N7O4/c1-14(2)34-24-25-11-10-21(28-24)26-13-19-22(29-30-31(19)4)18-8-9-20(15(3)27-18)35-17-7-5-6-16(12-17)23(32)33/h8-11,14,16-17H,5-7,12-13H2,1-4H3,(H,32,33)(H,25,26,28)/t16?,17-/m0/s1. The number of carbonyl (C=O) groups is 1. The van der Waals surface area contributed by atoms with E-state index >= 15 is 0 Å². The van der Waals surface area contributed by atoms with E-state index in [9.17, 15) is 9.90 Å². The number of aromatic nitrogens is 6. The van der Waals surface area contributed by atoms with E-state index in [1.54, 1.807) is 16.9 Å². The van der Waals surface area contributed by atoms with E-state index in [2.05, 4.69) is 25.6 Å². The highest BCUT2D eigenvalue weighted by Crippen LogP contribution is 2.30. The largest absolute Gasteiger partial charge is 0.489 e. The zero-order chi connectivity index (χ0) is 24.9. The second-order valence-electron chi connectivity index (χ2n) is 8.97. The zero-order valence-electron chi connectivity index (χ0n) is 20.4. The third-order valence-corrected chi connectivity index (χ3v) is 5.90. The van der Waals surface area contributed by atoms with Crippen molar-refractivity contribution in [2.24, 2.45) is 13.0 Å². The van der Waals surface area contributed by atoms with Gasteiger partial charge in [0.05, 0.1) is 41.8 Å². The van der Waals surface area contributed by atoms with Crippen LogP contribution in [0.15, 0.2) is 24.4 Å². The second-order valence-corrected chi connectivity index (χ2v) is 8.97. The molecule has 11 heteroatoms. The van der Waals surface area contributed by atoms with Gasteiger partial charge >= 0.3 is 12.0 Å². The molecule has 1 fully saturated rings. The molecular formula is C24H31N7O4. The molecule has 2 N–H and O–H groups in total. The van der Waals surface area contributed by atoms with Crippen LogP contribution in [-0.2, 0) is 18.4 Å². The highest BCUT2D eigenvalue weighted by Gasteiger charge is 2.28. The van der Waals surface area contributed by atoms with E-state index in [-0.39, 0.29) is 18.1 Å². The summed E-state index contributed by atoms with van der Waals surface area (Å²) in [5.41, 5.74) is 2.90. The van der Waals surface area contributed by atoms with Gasteiger partial charge in [0.25, 0.3) is 0 Å². The van der Waals surface area contributed by atoms with E-state index in [0.717, 1.165) is 24.2 Å². The van der Waals surface area contributed by atoms with Crippen molar-refractivity contribution < 1.29 is 19.4 Å². The van der Waals surface area contributed by atoms with Gasteiger partial charge in [-0.3, -0.25) is 4.79 Å². The molecule has 3 aromatic rings. The van der Waals surface area contributed by atoms with Crippen molar-refractivity contribution in [3.05, 3.63) is 35.8 Å². The molecule has 1 aliphatic carbocycles. The molecule has 1 unspecified atom stereocenters. The van der Waals surface area contributed by atoms with Gasteiger partial charge in [-0.15, -0.1) is 5.10 Å². The van der Waals surface area contributed by atoms with Crippen LogP contribution in [0.25, 0.3) is 11.4 Å². The van der Waals surface area contributed by atoms with E-state index < -0.39 is 5.97 Å². The molecule has 3 heterocycles. The smallest absolute Gasteiger partial charge is 0.318 e. The Labute approximate surface area is 203 Å². The lowest BCUT2D eigenvalue weighted by molar-refractivity contribution is -0.143. The summed E-state index contributed by atoms with van der Waals surface area (Å²) in [5.74, 6) is 0.187. The van der Waals surface area contributed by atoms with Crippen molar-refractivity contribution in [1.29, 1.82) is 0 Å². The van der Waals surface area contributed by atoms with E-state index in [4.69, 9.17) is 14.5 Å². The fraction of sp³-hybridized carbons (Fsp3) is 0.500. The van der Waals surface area contributed by atoms with Crippen LogP contribution in [0, 0.1) is 12.8 Å². The van der Waals surface area contributed by atoms with Crippen LogP contribution >= 0.6 is 0 Å². The molecule has 0 bridgehead atoms. The van der Waals surface area contributed by atoms with Crippen molar-refractivity contribution in [3.63, 3.8) is 0 Å². The molecule has 0 radical (unpaired) electrons. The van der Waals surface area contributed by atoms with Gasteiger partial charge in [0.2, 0.25) is 0 Å². The van der Waals surface area contributed by atoms with Crippen LogP contribution < -0.4 is 14.8 Å². The third kappa shape index (κ3) is 6.03. The molecule has 1 aliphatic rings. The summed E-state index contributed by atoms with van der Waals surface area (Å²) in [7, 11) is 1.83. The number of pyridine rings is 1. The van der Waals surface area contributed by atoms with Gasteiger partial charge < -0.3 is 19.9 Å². The minimum absolute atomic E-state index is 0.0175. The maximum atomic E-state index is 11.4. The molecule has 0 aliphatic heterocycles. The SMILES string of the molecule is Cc1nc(-c2nnn(C)c2CNc2ccnc(OC(C)C)n2)ccc1O[C@H]1CCCC(C(=O)O)C1. The molecule has 0 aromatic carbocycles. The Hall–Kier alpha value is -3.76. The highest BCUT2D eigenvalue weighted by molar-refractivity contribution is 5.70. The number of nitrogens with one attached hydrogen (secondary N) is 1. The van der Waals surface area contributed by atoms with Gasteiger partial charge in [0.1, 0.15) is 17.3 Å². The number of aliphatic carboxylic acids is 1. The number of nitrogens with zero attached hydrogens (tertiary/aromatic N) is 6. The first-order valence-corrected chi connectivity index (χ1v) is 11.8. The quantitative estimate of drug-likeness (QED) is 0.468. The lowest BCUT2D eigenvalue weighted by Crippen LogP contribution is -2.29. The van der Waals surface area contributed by atoms with Crippen LogP contribution in [0.3, 0.4) is 0 Å². The lowest BCUT2D eigenvalue weighted by Gasteiger charge is -2.27. The minimum Gasteiger partial charge on any atom is -0.489 e. The molecule has 3 aromatic heterocycles. The normalized spacial score (nSPS) is 17.9. The van der Waals surface area contributed by atoms with Crippen molar-refractivity contribution in [2.45, 2.75) is 65.2 Å². The molecule has 0 amide bonds. The van der Waals surface area contributed by atoms with E-state index in [1.165, 1.54) is 0 Å². The summed E-state index contributed by atoms with van der Waals surface area (Å²) in [4.78, 5) is 24.6. The van der Waals surface area contributed by atoms with E-state index in [0.29, 0.717) is 48.4 Å². The van der Waals surface area contributed by atoms with Crippen molar-refractivity contribution in [2.75, 3.05) is 5.32 Å². The van der Waals surface area contributed by atoms with Gasteiger partial charge in [0.15, 0.2) is 0 Å². The Balaban J connectivity index is 1.46. The fourth-order valence-corrected chi connectivity index (χ4v) is 4.12. The van der Waals surface area contributed by atoms with Crippen molar-refractivity contribution in [3.8, 4) is 23.1 Å². The number of ether oxygens (including phenoxy) is 2. The monoisotopic (exact) mass is 481 g/mol. The third-order valence-electron chi connectivity index (χ3n) is 5.90. The van der Waals surface area contributed by atoms with E-state index in [1.807, 2.05) is 40.0 Å². The maximum Gasteiger partial charge on any atom is 0.318 e. The van der Waals surface area contributed by atoms with Crippen LogP contribution in [-0.4, -0.2) is 53.2 Å². The summed E-state index contributed by atoms with van der Waals surface area (Å²) >= 11 is 0. The lowest BCUT2D eigenvalue weighted by atomic mass is 9.87. The molecule has 35 heavy (non-hydrogen) atoms. The van der Waals surface area contributed by atoms with Crippen LogP contribution in [0.2, 0.25) is 0 Å². The molecule has 2 atom stereocenters.